The van der Waals surface area contributed by atoms with Crippen molar-refractivity contribution in [1.29, 1.82) is 0 Å². The minimum Gasteiger partial charge on any atom is -0.483 e. The van der Waals surface area contributed by atoms with Crippen LogP contribution >= 0.6 is 0 Å². The summed E-state index contributed by atoms with van der Waals surface area (Å²) >= 11 is 0. The Bertz CT molecular complexity index is 817. The van der Waals surface area contributed by atoms with Crippen molar-refractivity contribution < 1.29 is 14.3 Å². The van der Waals surface area contributed by atoms with E-state index in [0.717, 1.165) is 36.2 Å². The first kappa shape index (κ1) is 18.0. The van der Waals surface area contributed by atoms with E-state index in [1.54, 1.807) is 0 Å². The van der Waals surface area contributed by atoms with Gasteiger partial charge in [-0.3, -0.25) is 9.59 Å². The van der Waals surface area contributed by atoms with E-state index in [4.69, 9.17) is 4.74 Å². The number of amides is 2. The Morgan fingerprint density at radius 3 is 2.77 bits per heavy atom. The van der Waals surface area contributed by atoms with E-state index in [-0.39, 0.29) is 18.4 Å². The molecule has 0 saturated carbocycles. The lowest BCUT2D eigenvalue weighted by Crippen LogP contribution is -2.35. The lowest BCUT2D eigenvalue weighted by atomic mass is 10.0. The summed E-state index contributed by atoms with van der Waals surface area (Å²) in [5.74, 6) is 0.586. The molecule has 0 atom stereocenters. The van der Waals surface area contributed by atoms with Crippen molar-refractivity contribution in [2.75, 3.05) is 23.4 Å². The lowest BCUT2D eigenvalue weighted by Gasteiger charge is -2.29. The summed E-state index contributed by atoms with van der Waals surface area (Å²) in [4.78, 5) is 26.2. The zero-order valence-electron chi connectivity index (χ0n) is 15.2. The van der Waals surface area contributed by atoms with Gasteiger partial charge in [-0.25, -0.2) is 0 Å². The van der Waals surface area contributed by atoms with Gasteiger partial charge in [0.25, 0.3) is 5.91 Å². The number of carbonyl (C=O) groups excluding carboxylic acids is 2. The molecule has 2 aromatic rings. The Hall–Kier alpha value is -2.82. The minimum absolute atomic E-state index is 0.0560. The Kier molecular flexibility index (Phi) is 5.56. The topological polar surface area (TPSA) is 58.6 Å². The van der Waals surface area contributed by atoms with Gasteiger partial charge in [0.15, 0.2) is 6.61 Å². The number of hydrogen-bond acceptors (Lipinski definition) is 3. The molecule has 26 heavy (non-hydrogen) atoms. The van der Waals surface area contributed by atoms with Crippen LogP contribution in [0.25, 0.3) is 0 Å². The maximum absolute atomic E-state index is 12.2. The first-order valence-electron chi connectivity index (χ1n) is 9.00. The highest BCUT2D eigenvalue weighted by Crippen LogP contribution is 2.30. The summed E-state index contributed by atoms with van der Waals surface area (Å²) in [6.07, 6.45) is 2.39. The van der Waals surface area contributed by atoms with Gasteiger partial charge < -0.3 is 15.0 Å². The average molecular weight is 352 g/mol. The summed E-state index contributed by atoms with van der Waals surface area (Å²) in [5, 5.41) is 2.86. The van der Waals surface area contributed by atoms with Crippen LogP contribution < -0.4 is 15.0 Å². The Labute approximate surface area is 154 Å². The monoisotopic (exact) mass is 352 g/mol. The van der Waals surface area contributed by atoms with E-state index in [2.05, 4.69) is 5.32 Å². The largest absolute Gasteiger partial charge is 0.483 e. The van der Waals surface area contributed by atoms with Crippen LogP contribution in [0.5, 0.6) is 5.75 Å². The third-order valence-electron chi connectivity index (χ3n) is 4.54. The summed E-state index contributed by atoms with van der Waals surface area (Å²) in [5.41, 5.74) is 3.72. The van der Waals surface area contributed by atoms with Crippen LogP contribution in [0.3, 0.4) is 0 Å². The highest BCUT2D eigenvalue weighted by Gasteiger charge is 2.21. The number of aryl methyl sites for hydroxylation is 2. The van der Waals surface area contributed by atoms with Crippen LogP contribution in [0.15, 0.2) is 42.5 Å². The van der Waals surface area contributed by atoms with Gasteiger partial charge >= 0.3 is 0 Å². The van der Waals surface area contributed by atoms with Crippen molar-refractivity contribution in [3.63, 3.8) is 0 Å². The second-order valence-electron chi connectivity index (χ2n) is 6.45. The zero-order chi connectivity index (χ0) is 18.5. The van der Waals surface area contributed by atoms with Crippen molar-refractivity contribution in [3.8, 4) is 5.75 Å². The van der Waals surface area contributed by atoms with E-state index in [0.29, 0.717) is 17.9 Å². The normalized spacial score (nSPS) is 13.1. The number of benzene rings is 2. The van der Waals surface area contributed by atoms with Gasteiger partial charge in [-0.1, -0.05) is 31.2 Å². The Balaban J connectivity index is 1.67. The van der Waals surface area contributed by atoms with Gasteiger partial charge in [0, 0.05) is 24.3 Å². The molecule has 3 rings (SSSR count). The maximum Gasteiger partial charge on any atom is 0.262 e. The summed E-state index contributed by atoms with van der Waals surface area (Å²) in [6, 6.07) is 13.3. The van der Waals surface area contributed by atoms with Crippen molar-refractivity contribution in [1.82, 2.24) is 0 Å². The van der Waals surface area contributed by atoms with Gasteiger partial charge in [-0.2, -0.15) is 0 Å². The van der Waals surface area contributed by atoms with Crippen molar-refractivity contribution in [2.45, 2.75) is 33.1 Å². The molecule has 136 valence electrons. The molecule has 0 bridgehead atoms. The molecular weight excluding hydrogens is 328 g/mol. The van der Waals surface area contributed by atoms with Crippen LogP contribution in [0.4, 0.5) is 11.4 Å². The zero-order valence-corrected chi connectivity index (χ0v) is 15.2. The number of hydrogen-bond donors (Lipinski definition) is 1. The maximum atomic E-state index is 12.2. The molecule has 2 aromatic carbocycles. The molecule has 1 N–H and O–H groups in total. The van der Waals surface area contributed by atoms with Gasteiger partial charge in [0.1, 0.15) is 5.75 Å². The number of anilines is 2. The highest BCUT2D eigenvalue weighted by atomic mass is 16.5. The third kappa shape index (κ3) is 4.04. The van der Waals surface area contributed by atoms with Gasteiger partial charge in [0.05, 0.1) is 0 Å². The predicted molar refractivity (Wildman–Crippen MR) is 103 cm³/mol. The second-order valence-corrected chi connectivity index (χ2v) is 6.45. The van der Waals surface area contributed by atoms with E-state index in [1.807, 2.05) is 61.2 Å². The first-order valence-corrected chi connectivity index (χ1v) is 9.00. The summed E-state index contributed by atoms with van der Waals surface area (Å²) < 4.78 is 5.58. The fraction of sp³-hybridized carbons (Fsp3) is 0.333. The molecular formula is C21H24N2O3. The minimum atomic E-state index is -0.225. The Morgan fingerprint density at radius 2 is 2.00 bits per heavy atom. The molecule has 1 heterocycles. The standard InChI is InChI=1S/C21H24N2O3/c1-3-21(25)23-12-6-8-16-10-11-17(13-18(16)23)22-20(24)14-26-19-9-5-4-7-15(19)2/h4-5,7,9-11,13H,3,6,8,12,14H2,1-2H3,(H,22,24). The van der Waals surface area contributed by atoms with E-state index >= 15 is 0 Å². The molecule has 0 unspecified atom stereocenters. The van der Waals surface area contributed by atoms with E-state index in [1.165, 1.54) is 0 Å². The van der Waals surface area contributed by atoms with Crippen LogP contribution in [-0.2, 0) is 16.0 Å². The van der Waals surface area contributed by atoms with Gasteiger partial charge in [-0.05, 0) is 49.1 Å². The van der Waals surface area contributed by atoms with E-state index < -0.39 is 0 Å². The number of rotatable bonds is 5. The average Bonchev–Trinajstić information content (AvgIpc) is 2.66. The number of nitrogens with one attached hydrogen (secondary N) is 1. The van der Waals surface area contributed by atoms with Crippen LogP contribution in [0.1, 0.15) is 30.9 Å². The van der Waals surface area contributed by atoms with Crippen LogP contribution in [0.2, 0.25) is 0 Å². The number of nitrogens with zero attached hydrogens (tertiary/aromatic N) is 1. The predicted octanol–water partition coefficient (Wildman–Crippen LogP) is 3.70. The van der Waals surface area contributed by atoms with Crippen molar-refractivity contribution >= 4 is 23.2 Å². The number of fused-ring (bicyclic) bond motifs is 1. The second kappa shape index (κ2) is 8.04. The number of carbonyl (C=O) groups is 2. The van der Waals surface area contributed by atoms with Crippen LogP contribution in [0, 0.1) is 6.92 Å². The first-order chi connectivity index (χ1) is 12.6. The Morgan fingerprint density at radius 1 is 1.19 bits per heavy atom. The molecule has 5 nitrogen and oxygen atoms in total. The molecule has 0 aliphatic carbocycles. The SMILES string of the molecule is CCC(=O)N1CCCc2ccc(NC(=O)COc3ccccc3C)cc21. The third-order valence-corrected chi connectivity index (χ3v) is 4.54. The fourth-order valence-corrected chi connectivity index (χ4v) is 3.16. The molecule has 1 aliphatic heterocycles. The van der Waals surface area contributed by atoms with E-state index in [9.17, 15) is 9.59 Å². The number of para-hydroxylation sites is 1. The highest BCUT2D eigenvalue weighted by molar-refractivity contribution is 5.97. The molecule has 0 fully saturated rings. The quantitative estimate of drug-likeness (QED) is 0.892. The fourth-order valence-electron chi connectivity index (χ4n) is 3.16. The number of ether oxygens (including phenoxy) is 1. The van der Waals surface area contributed by atoms with Crippen LogP contribution in [-0.4, -0.2) is 25.0 Å². The smallest absolute Gasteiger partial charge is 0.262 e. The summed E-state index contributed by atoms with van der Waals surface area (Å²) in [6.45, 7) is 4.48. The molecule has 0 spiro atoms. The molecule has 0 saturated heterocycles. The van der Waals surface area contributed by atoms with Crippen molar-refractivity contribution in [2.24, 2.45) is 0 Å². The molecule has 2 amide bonds. The lowest BCUT2D eigenvalue weighted by molar-refractivity contribution is -0.119. The van der Waals surface area contributed by atoms with Gasteiger partial charge in [-0.15, -0.1) is 0 Å². The van der Waals surface area contributed by atoms with Gasteiger partial charge in [0.2, 0.25) is 5.91 Å². The molecule has 5 heteroatoms. The molecule has 0 aromatic heterocycles. The molecule has 0 radical (unpaired) electrons. The summed E-state index contributed by atoms with van der Waals surface area (Å²) in [7, 11) is 0. The van der Waals surface area contributed by atoms with Crippen molar-refractivity contribution in [3.05, 3.63) is 53.6 Å². The molecule has 1 aliphatic rings.